The average Bonchev–Trinajstić information content (AvgIpc) is 2.96. The van der Waals surface area contributed by atoms with Crippen molar-refractivity contribution >= 4 is 23.4 Å². The molecule has 0 bridgehead atoms. The maximum atomic E-state index is 12.5. The average molecular weight is 336 g/mol. The van der Waals surface area contributed by atoms with Gasteiger partial charge in [0.25, 0.3) is 5.91 Å². The summed E-state index contributed by atoms with van der Waals surface area (Å²) in [7, 11) is 0. The predicted octanol–water partition coefficient (Wildman–Crippen LogP) is 2.58. The van der Waals surface area contributed by atoms with Crippen LogP contribution < -0.4 is 11.1 Å². The van der Waals surface area contributed by atoms with Crippen molar-refractivity contribution in [2.75, 3.05) is 0 Å². The van der Waals surface area contributed by atoms with Crippen molar-refractivity contribution in [3.05, 3.63) is 52.7 Å². The van der Waals surface area contributed by atoms with Crippen molar-refractivity contribution in [2.45, 2.75) is 32.2 Å². The summed E-state index contributed by atoms with van der Waals surface area (Å²) in [6.07, 6.45) is 1.20. The lowest BCUT2D eigenvalue weighted by molar-refractivity contribution is -0.123. The lowest BCUT2D eigenvalue weighted by atomic mass is 9.91. The van der Waals surface area contributed by atoms with Gasteiger partial charge in [0.05, 0.1) is 0 Å². The van der Waals surface area contributed by atoms with Crippen LogP contribution in [0.4, 0.5) is 0 Å². The SMILES string of the molecule is CC(C)c1ocnc1C(=O)NC(C)(C(N)=O)c1cccc(Cl)c1. The topological polar surface area (TPSA) is 98.2 Å². The fourth-order valence-corrected chi connectivity index (χ4v) is 2.39. The molecule has 1 aromatic carbocycles. The Kier molecular flexibility index (Phi) is 4.75. The number of nitrogens with one attached hydrogen (secondary N) is 1. The molecule has 0 aliphatic heterocycles. The van der Waals surface area contributed by atoms with E-state index in [9.17, 15) is 9.59 Å². The second-order valence-electron chi connectivity index (χ2n) is 5.67. The van der Waals surface area contributed by atoms with Gasteiger partial charge in [0.2, 0.25) is 5.91 Å². The minimum Gasteiger partial charge on any atom is -0.447 e. The summed E-state index contributed by atoms with van der Waals surface area (Å²) in [5.74, 6) is -0.823. The number of rotatable bonds is 5. The molecule has 0 saturated carbocycles. The van der Waals surface area contributed by atoms with Crippen LogP contribution >= 0.6 is 11.6 Å². The van der Waals surface area contributed by atoms with E-state index in [0.29, 0.717) is 16.3 Å². The number of hydrogen-bond acceptors (Lipinski definition) is 4. The van der Waals surface area contributed by atoms with Crippen LogP contribution in [0.25, 0.3) is 0 Å². The van der Waals surface area contributed by atoms with Gasteiger partial charge in [-0.1, -0.05) is 37.6 Å². The largest absolute Gasteiger partial charge is 0.447 e. The maximum Gasteiger partial charge on any atom is 0.274 e. The van der Waals surface area contributed by atoms with E-state index in [1.54, 1.807) is 24.3 Å². The predicted molar refractivity (Wildman–Crippen MR) is 86.1 cm³/mol. The van der Waals surface area contributed by atoms with Crippen LogP contribution in [0.1, 0.15) is 48.5 Å². The fraction of sp³-hybridized carbons (Fsp3) is 0.312. The molecule has 2 amide bonds. The lowest BCUT2D eigenvalue weighted by Crippen LogP contribution is -2.53. The van der Waals surface area contributed by atoms with Gasteiger partial charge >= 0.3 is 0 Å². The zero-order chi connectivity index (χ0) is 17.2. The standard InChI is InChI=1S/C16H18ClN3O3/c1-9(2)13-12(19-8-23-13)14(21)20-16(3,15(18)22)10-5-4-6-11(17)7-10/h4-9H,1-3H3,(H2,18,22)(H,20,21). The molecule has 1 aromatic heterocycles. The molecule has 23 heavy (non-hydrogen) atoms. The second-order valence-corrected chi connectivity index (χ2v) is 6.11. The third-order valence-corrected chi connectivity index (χ3v) is 3.83. The van der Waals surface area contributed by atoms with Crippen LogP contribution in [0.5, 0.6) is 0 Å². The molecule has 0 fully saturated rings. The number of hydrogen-bond donors (Lipinski definition) is 2. The Balaban J connectivity index is 2.38. The summed E-state index contributed by atoms with van der Waals surface area (Å²) in [6.45, 7) is 5.27. The number of aromatic nitrogens is 1. The molecular weight excluding hydrogens is 318 g/mol. The summed E-state index contributed by atoms with van der Waals surface area (Å²) in [4.78, 5) is 28.4. The van der Waals surface area contributed by atoms with Gasteiger partial charge in [-0.15, -0.1) is 0 Å². The number of carbonyl (C=O) groups excluding carboxylic acids is 2. The number of halogens is 1. The van der Waals surface area contributed by atoms with Gasteiger partial charge < -0.3 is 15.5 Å². The number of primary amides is 1. The molecule has 0 aliphatic carbocycles. The molecule has 122 valence electrons. The van der Waals surface area contributed by atoms with Crippen molar-refractivity contribution in [2.24, 2.45) is 5.73 Å². The highest BCUT2D eigenvalue weighted by molar-refractivity contribution is 6.30. The molecular formula is C16H18ClN3O3. The molecule has 1 atom stereocenters. The monoisotopic (exact) mass is 335 g/mol. The first kappa shape index (κ1) is 17.0. The molecule has 0 aliphatic rings. The number of oxazole rings is 1. The highest BCUT2D eigenvalue weighted by Crippen LogP contribution is 2.25. The Hall–Kier alpha value is -2.34. The van der Waals surface area contributed by atoms with Crippen LogP contribution in [0.3, 0.4) is 0 Å². The highest BCUT2D eigenvalue weighted by Gasteiger charge is 2.36. The Morgan fingerprint density at radius 2 is 2.09 bits per heavy atom. The molecule has 6 nitrogen and oxygen atoms in total. The van der Waals surface area contributed by atoms with Gasteiger partial charge in [0, 0.05) is 10.9 Å². The first-order valence-electron chi connectivity index (χ1n) is 7.07. The molecule has 1 heterocycles. The lowest BCUT2D eigenvalue weighted by Gasteiger charge is -2.28. The van der Waals surface area contributed by atoms with Crippen molar-refractivity contribution in [1.82, 2.24) is 10.3 Å². The number of nitrogens with two attached hydrogens (primary N) is 1. The second kappa shape index (κ2) is 6.42. The van der Waals surface area contributed by atoms with Crippen molar-refractivity contribution < 1.29 is 14.0 Å². The van der Waals surface area contributed by atoms with E-state index < -0.39 is 17.4 Å². The number of carbonyl (C=O) groups is 2. The molecule has 7 heteroatoms. The summed E-state index contributed by atoms with van der Waals surface area (Å²) in [6, 6.07) is 6.60. The van der Waals surface area contributed by atoms with Crippen LogP contribution in [-0.4, -0.2) is 16.8 Å². The number of amides is 2. The molecule has 2 aromatic rings. The van der Waals surface area contributed by atoms with E-state index in [4.69, 9.17) is 21.8 Å². The van der Waals surface area contributed by atoms with Gasteiger partial charge in [0.15, 0.2) is 12.1 Å². The quantitative estimate of drug-likeness (QED) is 0.877. The molecule has 0 spiro atoms. The van der Waals surface area contributed by atoms with E-state index >= 15 is 0 Å². The van der Waals surface area contributed by atoms with Crippen LogP contribution in [0, 0.1) is 0 Å². The Labute approximate surface area is 139 Å². The van der Waals surface area contributed by atoms with Crippen LogP contribution in [0.2, 0.25) is 5.02 Å². The van der Waals surface area contributed by atoms with E-state index in [2.05, 4.69) is 10.3 Å². The Morgan fingerprint density at radius 3 is 2.65 bits per heavy atom. The fourth-order valence-electron chi connectivity index (χ4n) is 2.20. The van der Waals surface area contributed by atoms with Crippen molar-refractivity contribution in [3.8, 4) is 0 Å². The highest BCUT2D eigenvalue weighted by atomic mass is 35.5. The van der Waals surface area contributed by atoms with Crippen molar-refractivity contribution in [1.29, 1.82) is 0 Å². The first-order valence-corrected chi connectivity index (χ1v) is 7.45. The van der Waals surface area contributed by atoms with Crippen LogP contribution in [0.15, 0.2) is 35.1 Å². The summed E-state index contributed by atoms with van der Waals surface area (Å²) in [5.41, 5.74) is 4.71. The summed E-state index contributed by atoms with van der Waals surface area (Å²) >= 11 is 5.97. The van der Waals surface area contributed by atoms with E-state index in [-0.39, 0.29) is 11.6 Å². The van der Waals surface area contributed by atoms with Gasteiger partial charge in [-0.05, 0) is 24.6 Å². The zero-order valence-corrected chi connectivity index (χ0v) is 13.8. The molecule has 3 N–H and O–H groups in total. The van der Waals surface area contributed by atoms with Gasteiger partial charge in [-0.3, -0.25) is 9.59 Å². The minimum absolute atomic E-state index is 0.0238. The smallest absolute Gasteiger partial charge is 0.274 e. The van der Waals surface area contributed by atoms with E-state index in [1.165, 1.54) is 13.3 Å². The van der Waals surface area contributed by atoms with E-state index in [0.717, 1.165) is 0 Å². The minimum atomic E-state index is -1.42. The Morgan fingerprint density at radius 1 is 1.39 bits per heavy atom. The normalized spacial score (nSPS) is 13.6. The van der Waals surface area contributed by atoms with Gasteiger partial charge in [0.1, 0.15) is 11.3 Å². The molecule has 0 saturated heterocycles. The Bertz CT molecular complexity index is 742. The van der Waals surface area contributed by atoms with Crippen LogP contribution in [-0.2, 0) is 10.3 Å². The van der Waals surface area contributed by atoms with E-state index in [1.807, 2.05) is 13.8 Å². The molecule has 2 rings (SSSR count). The third-order valence-electron chi connectivity index (χ3n) is 3.59. The number of benzene rings is 1. The van der Waals surface area contributed by atoms with Gasteiger partial charge in [-0.2, -0.15) is 0 Å². The van der Waals surface area contributed by atoms with Gasteiger partial charge in [-0.25, -0.2) is 4.98 Å². The molecule has 1 unspecified atom stereocenters. The summed E-state index contributed by atoms with van der Waals surface area (Å²) < 4.78 is 5.24. The summed E-state index contributed by atoms with van der Waals surface area (Å²) in [5, 5.41) is 3.08. The van der Waals surface area contributed by atoms with Crippen molar-refractivity contribution in [3.63, 3.8) is 0 Å². The third kappa shape index (κ3) is 3.37. The zero-order valence-electron chi connectivity index (χ0n) is 13.1. The molecule has 0 radical (unpaired) electrons. The maximum absolute atomic E-state index is 12.5. The number of nitrogens with zero attached hydrogens (tertiary/aromatic N) is 1. The first-order chi connectivity index (χ1) is 10.8.